The molecule has 0 unspecified atom stereocenters. The number of nitrogens with one attached hydrogen (secondary N) is 1. The highest BCUT2D eigenvalue weighted by atomic mass is 127. The molecule has 0 aliphatic heterocycles. The second-order valence-corrected chi connectivity index (χ2v) is 6.40. The van der Waals surface area contributed by atoms with E-state index >= 15 is 0 Å². The van der Waals surface area contributed by atoms with E-state index in [0.29, 0.717) is 5.56 Å². The summed E-state index contributed by atoms with van der Waals surface area (Å²) in [5.41, 5.74) is 2.34. The summed E-state index contributed by atoms with van der Waals surface area (Å²) in [6.45, 7) is 0. The molecule has 0 aromatic heterocycles. The molecule has 0 saturated carbocycles. The molecule has 0 fully saturated rings. The molecule has 0 radical (unpaired) electrons. The lowest BCUT2D eigenvalue weighted by molar-refractivity contribution is 1.44. The van der Waals surface area contributed by atoms with E-state index in [1.165, 1.54) is 0 Å². The Morgan fingerprint density at radius 2 is 1.89 bits per heavy atom. The predicted octanol–water partition coefficient (Wildman–Crippen LogP) is 5.43. The van der Waals surface area contributed by atoms with E-state index in [2.05, 4.69) is 65.8 Å². The Balaban J connectivity index is 2.37. The van der Waals surface area contributed by atoms with E-state index in [4.69, 9.17) is 5.26 Å². The molecule has 2 aromatic rings. The lowest BCUT2D eigenvalue weighted by atomic mass is 10.2. The minimum absolute atomic E-state index is 0.604. The SMILES string of the molecule is N#Cc1c(Br)cccc1Nc1ccc(I)c(Br)c1. The van der Waals surface area contributed by atoms with E-state index in [9.17, 15) is 0 Å². The van der Waals surface area contributed by atoms with E-state index in [-0.39, 0.29) is 0 Å². The van der Waals surface area contributed by atoms with Crippen LogP contribution in [0.3, 0.4) is 0 Å². The van der Waals surface area contributed by atoms with Crippen molar-refractivity contribution in [2.24, 2.45) is 0 Å². The van der Waals surface area contributed by atoms with Crippen molar-refractivity contribution in [2.75, 3.05) is 5.32 Å². The van der Waals surface area contributed by atoms with Crippen LogP contribution in [0.25, 0.3) is 0 Å². The molecule has 2 aromatic carbocycles. The molecule has 2 rings (SSSR count). The number of nitrogens with zero attached hydrogens (tertiary/aromatic N) is 1. The molecule has 90 valence electrons. The van der Waals surface area contributed by atoms with Gasteiger partial charge in [-0.3, -0.25) is 0 Å². The second-order valence-electron chi connectivity index (χ2n) is 3.53. The molecular weight excluding hydrogens is 471 g/mol. The van der Waals surface area contributed by atoms with Crippen molar-refractivity contribution in [1.82, 2.24) is 0 Å². The third-order valence-corrected chi connectivity index (χ3v) is 5.32. The van der Waals surface area contributed by atoms with Gasteiger partial charge in [0.1, 0.15) is 6.07 Å². The number of nitriles is 1. The van der Waals surface area contributed by atoms with Gasteiger partial charge in [0.15, 0.2) is 0 Å². The summed E-state index contributed by atoms with van der Waals surface area (Å²) in [4.78, 5) is 0. The summed E-state index contributed by atoms with van der Waals surface area (Å²) >= 11 is 9.12. The van der Waals surface area contributed by atoms with Gasteiger partial charge in [0.05, 0.1) is 11.3 Å². The molecule has 0 heterocycles. The zero-order valence-corrected chi connectivity index (χ0v) is 14.4. The highest BCUT2D eigenvalue weighted by Gasteiger charge is 2.06. The normalized spacial score (nSPS) is 9.89. The Morgan fingerprint density at radius 1 is 1.11 bits per heavy atom. The number of anilines is 2. The van der Waals surface area contributed by atoms with Crippen LogP contribution < -0.4 is 5.32 Å². The summed E-state index contributed by atoms with van der Waals surface area (Å²) in [6.07, 6.45) is 0. The third-order valence-electron chi connectivity index (χ3n) is 2.32. The topological polar surface area (TPSA) is 35.8 Å². The molecule has 0 saturated heterocycles. The standard InChI is InChI=1S/C13H7Br2IN2/c14-10-2-1-3-13(9(10)7-17)18-8-4-5-12(16)11(15)6-8/h1-6,18H. The van der Waals surface area contributed by atoms with Gasteiger partial charge in [0.25, 0.3) is 0 Å². The number of rotatable bonds is 2. The van der Waals surface area contributed by atoms with Gasteiger partial charge in [-0.25, -0.2) is 0 Å². The Kier molecular flexibility index (Phi) is 4.65. The zero-order chi connectivity index (χ0) is 13.1. The van der Waals surface area contributed by atoms with Crippen LogP contribution in [-0.2, 0) is 0 Å². The van der Waals surface area contributed by atoms with Crippen LogP contribution >= 0.6 is 54.5 Å². The zero-order valence-electron chi connectivity index (χ0n) is 9.05. The summed E-state index contributed by atoms with van der Waals surface area (Å²) in [7, 11) is 0. The maximum atomic E-state index is 9.15. The number of hydrogen-bond donors (Lipinski definition) is 1. The minimum Gasteiger partial charge on any atom is -0.354 e. The van der Waals surface area contributed by atoms with Crippen LogP contribution in [0.1, 0.15) is 5.56 Å². The Bertz CT molecular complexity index is 635. The fourth-order valence-electron chi connectivity index (χ4n) is 1.47. The smallest absolute Gasteiger partial charge is 0.103 e. The highest BCUT2D eigenvalue weighted by molar-refractivity contribution is 14.1. The molecule has 18 heavy (non-hydrogen) atoms. The third kappa shape index (κ3) is 3.05. The Labute approximate surface area is 136 Å². The molecule has 0 aliphatic carbocycles. The summed E-state index contributed by atoms with van der Waals surface area (Å²) in [5, 5.41) is 12.4. The molecule has 0 amide bonds. The van der Waals surface area contributed by atoms with Gasteiger partial charge >= 0.3 is 0 Å². The van der Waals surface area contributed by atoms with Crippen molar-refractivity contribution in [1.29, 1.82) is 5.26 Å². The first-order valence-corrected chi connectivity index (χ1v) is 7.69. The average molecular weight is 478 g/mol. The first kappa shape index (κ1) is 13.8. The van der Waals surface area contributed by atoms with E-state index < -0.39 is 0 Å². The fraction of sp³-hybridized carbons (Fsp3) is 0. The molecule has 2 nitrogen and oxygen atoms in total. The van der Waals surface area contributed by atoms with Gasteiger partial charge in [-0.05, 0) is 84.8 Å². The molecule has 0 bridgehead atoms. The average Bonchev–Trinajstić information content (AvgIpc) is 2.34. The minimum atomic E-state index is 0.604. The number of halogens is 3. The van der Waals surface area contributed by atoms with Gasteiger partial charge < -0.3 is 5.32 Å². The monoisotopic (exact) mass is 476 g/mol. The quantitative estimate of drug-likeness (QED) is 0.585. The molecular formula is C13H7Br2IN2. The maximum absolute atomic E-state index is 9.15. The largest absolute Gasteiger partial charge is 0.354 e. The second kappa shape index (κ2) is 6.04. The fourth-order valence-corrected chi connectivity index (χ4v) is 2.64. The van der Waals surface area contributed by atoms with Crippen molar-refractivity contribution in [3.05, 3.63) is 54.5 Å². The van der Waals surface area contributed by atoms with Gasteiger partial charge in [-0.15, -0.1) is 0 Å². The summed E-state index contributed by atoms with van der Waals surface area (Å²) in [6, 6.07) is 13.8. The van der Waals surface area contributed by atoms with E-state index in [1.54, 1.807) is 0 Å². The van der Waals surface area contributed by atoms with Crippen LogP contribution in [-0.4, -0.2) is 0 Å². The first-order chi connectivity index (χ1) is 8.61. The first-order valence-electron chi connectivity index (χ1n) is 5.02. The van der Waals surface area contributed by atoms with Gasteiger partial charge in [0, 0.05) is 18.2 Å². The molecule has 5 heteroatoms. The van der Waals surface area contributed by atoms with Crippen LogP contribution in [0, 0.1) is 14.9 Å². The highest BCUT2D eigenvalue weighted by Crippen LogP contribution is 2.29. The number of hydrogen-bond acceptors (Lipinski definition) is 2. The van der Waals surface area contributed by atoms with Crippen molar-refractivity contribution in [2.45, 2.75) is 0 Å². The predicted molar refractivity (Wildman–Crippen MR) is 89.0 cm³/mol. The van der Waals surface area contributed by atoms with Crippen LogP contribution in [0.5, 0.6) is 0 Å². The van der Waals surface area contributed by atoms with E-state index in [1.807, 2.05) is 36.4 Å². The van der Waals surface area contributed by atoms with Crippen molar-refractivity contribution in [3.63, 3.8) is 0 Å². The summed E-state index contributed by atoms with van der Waals surface area (Å²) in [5.74, 6) is 0. The van der Waals surface area contributed by atoms with Gasteiger partial charge in [0.2, 0.25) is 0 Å². The van der Waals surface area contributed by atoms with Crippen molar-refractivity contribution < 1.29 is 0 Å². The van der Waals surface area contributed by atoms with E-state index in [0.717, 1.165) is 23.9 Å². The molecule has 0 spiro atoms. The lowest BCUT2D eigenvalue weighted by Crippen LogP contribution is -1.94. The van der Waals surface area contributed by atoms with Crippen molar-refractivity contribution >= 4 is 65.8 Å². The Morgan fingerprint density at radius 3 is 2.56 bits per heavy atom. The molecule has 0 atom stereocenters. The van der Waals surface area contributed by atoms with Crippen LogP contribution in [0.2, 0.25) is 0 Å². The summed E-state index contributed by atoms with van der Waals surface area (Å²) < 4.78 is 2.97. The van der Waals surface area contributed by atoms with Crippen LogP contribution in [0.4, 0.5) is 11.4 Å². The molecule has 1 N–H and O–H groups in total. The lowest BCUT2D eigenvalue weighted by Gasteiger charge is -2.10. The maximum Gasteiger partial charge on any atom is 0.103 e. The van der Waals surface area contributed by atoms with Crippen LogP contribution in [0.15, 0.2) is 45.3 Å². The molecule has 0 aliphatic rings. The number of benzene rings is 2. The van der Waals surface area contributed by atoms with Gasteiger partial charge in [-0.2, -0.15) is 5.26 Å². The van der Waals surface area contributed by atoms with Crippen molar-refractivity contribution in [3.8, 4) is 6.07 Å². The Hall–Kier alpha value is -0.580. The van der Waals surface area contributed by atoms with Gasteiger partial charge in [-0.1, -0.05) is 6.07 Å².